The summed E-state index contributed by atoms with van der Waals surface area (Å²) in [4.78, 5) is 32.4. The Bertz CT molecular complexity index is 1000. The van der Waals surface area contributed by atoms with Crippen LogP contribution in [0.4, 0.5) is 5.69 Å². The first-order valence-electron chi connectivity index (χ1n) is 8.66. The quantitative estimate of drug-likeness (QED) is 0.712. The van der Waals surface area contributed by atoms with E-state index in [-0.39, 0.29) is 17.9 Å². The number of nitrogens with zero attached hydrogens (tertiary/aromatic N) is 5. The third kappa shape index (κ3) is 2.48. The van der Waals surface area contributed by atoms with Crippen LogP contribution in [-0.4, -0.2) is 51.1 Å². The molecule has 8 heteroatoms. The number of amides is 2. The van der Waals surface area contributed by atoms with Gasteiger partial charge in [0.25, 0.3) is 5.91 Å². The lowest BCUT2D eigenvalue weighted by Crippen LogP contribution is -2.50. The topological polar surface area (TPSA) is 71.3 Å². The number of thiazole rings is 1. The summed E-state index contributed by atoms with van der Waals surface area (Å²) in [6.07, 6.45) is 5.17. The van der Waals surface area contributed by atoms with Gasteiger partial charge in [-0.05, 0) is 24.6 Å². The second-order valence-electron chi connectivity index (χ2n) is 6.73. The van der Waals surface area contributed by atoms with E-state index < -0.39 is 0 Å². The third-order valence-corrected chi connectivity index (χ3v) is 5.87. The van der Waals surface area contributed by atoms with Crippen molar-refractivity contribution in [2.75, 3.05) is 24.5 Å². The molecule has 0 N–H and O–H groups in total. The van der Waals surface area contributed by atoms with Crippen LogP contribution in [0, 0.1) is 0 Å². The number of likely N-dealkylation sites (tertiary alicyclic amines) is 1. The summed E-state index contributed by atoms with van der Waals surface area (Å²) >= 11 is 1.54. The fraction of sp³-hybridized carbons (Fsp3) is 0.333. The number of aromatic nitrogens is 3. The number of benzene rings is 1. The molecule has 0 bridgehead atoms. The Kier molecular flexibility index (Phi) is 3.53. The van der Waals surface area contributed by atoms with E-state index in [1.807, 2.05) is 34.0 Å². The third-order valence-electron chi connectivity index (χ3n) is 5.07. The zero-order valence-electron chi connectivity index (χ0n) is 14.0. The molecule has 0 saturated carbocycles. The minimum Gasteiger partial charge on any atom is -0.334 e. The average Bonchev–Trinajstić information content (AvgIpc) is 3.32. The zero-order valence-corrected chi connectivity index (χ0v) is 14.9. The molecule has 0 radical (unpaired) electrons. The number of rotatable bonds is 3. The van der Waals surface area contributed by atoms with Gasteiger partial charge in [-0.3, -0.25) is 14.3 Å². The lowest BCUT2D eigenvalue weighted by Gasteiger charge is -2.39. The zero-order chi connectivity index (χ0) is 17.7. The van der Waals surface area contributed by atoms with Crippen LogP contribution in [0.2, 0.25) is 0 Å². The molecule has 2 aliphatic rings. The first kappa shape index (κ1) is 15.5. The molecule has 2 amide bonds. The largest absolute Gasteiger partial charge is 0.334 e. The number of carbonyl (C=O) groups is 2. The van der Waals surface area contributed by atoms with Crippen molar-refractivity contribution in [3.05, 3.63) is 41.7 Å². The summed E-state index contributed by atoms with van der Waals surface area (Å²) in [6, 6.07) is 5.80. The van der Waals surface area contributed by atoms with Gasteiger partial charge in [-0.15, -0.1) is 11.3 Å². The lowest BCUT2D eigenvalue weighted by molar-refractivity contribution is -0.117. The Balaban J connectivity index is 1.26. The molecule has 2 fully saturated rings. The van der Waals surface area contributed by atoms with Crippen molar-refractivity contribution in [1.82, 2.24) is 19.7 Å². The van der Waals surface area contributed by atoms with Gasteiger partial charge in [0.2, 0.25) is 5.91 Å². The monoisotopic (exact) mass is 367 g/mol. The fourth-order valence-corrected chi connectivity index (χ4v) is 4.26. The van der Waals surface area contributed by atoms with Crippen molar-refractivity contribution >= 4 is 39.1 Å². The van der Waals surface area contributed by atoms with Gasteiger partial charge in [0.1, 0.15) is 0 Å². The highest BCUT2D eigenvalue weighted by Gasteiger charge is 2.34. The minimum atomic E-state index is 0.0404. The van der Waals surface area contributed by atoms with Crippen molar-refractivity contribution in [1.29, 1.82) is 0 Å². The van der Waals surface area contributed by atoms with Crippen molar-refractivity contribution in [3.63, 3.8) is 0 Å². The van der Waals surface area contributed by atoms with Gasteiger partial charge >= 0.3 is 0 Å². The van der Waals surface area contributed by atoms with Crippen LogP contribution in [0.25, 0.3) is 10.2 Å². The summed E-state index contributed by atoms with van der Waals surface area (Å²) in [5.74, 6) is 0.201. The first-order chi connectivity index (χ1) is 12.7. The maximum atomic E-state index is 12.7. The molecule has 3 aromatic rings. The predicted molar refractivity (Wildman–Crippen MR) is 98.4 cm³/mol. The number of fused-ring (bicyclic) bond motifs is 1. The molecule has 2 aromatic heterocycles. The minimum absolute atomic E-state index is 0.0404. The van der Waals surface area contributed by atoms with E-state index in [1.54, 1.807) is 27.9 Å². The Labute approximate surface area is 153 Å². The molecule has 1 aromatic carbocycles. The van der Waals surface area contributed by atoms with Crippen LogP contribution in [0.15, 0.2) is 36.1 Å². The van der Waals surface area contributed by atoms with Crippen LogP contribution in [-0.2, 0) is 4.79 Å². The van der Waals surface area contributed by atoms with Crippen LogP contribution in [0.1, 0.15) is 29.2 Å². The van der Waals surface area contributed by atoms with E-state index in [1.165, 1.54) is 0 Å². The second-order valence-corrected chi connectivity index (χ2v) is 7.61. The molecule has 7 nitrogen and oxygen atoms in total. The van der Waals surface area contributed by atoms with E-state index >= 15 is 0 Å². The van der Waals surface area contributed by atoms with Crippen molar-refractivity contribution in [2.24, 2.45) is 0 Å². The van der Waals surface area contributed by atoms with Gasteiger partial charge in [0.15, 0.2) is 0 Å². The van der Waals surface area contributed by atoms with Gasteiger partial charge in [0.05, 0.1) is 33.7 Å². The Hall–Kier alpha value is -2.74. The summed E-state index contributed by atoms with van der Waals surface area (Å²) in [6.45, 7) is 2.03. The molecule has 0 aliphatic carbocycles. The van der Waals surface area contributed by atoms with E-state index in [0.717, 1.165) is 28.9 Å². The van der Waals surface area contributed by atoms with E-state index in [2.05, 4.69) is 10.1 Å². The molecule has 0 spiro atoms. The van der Waals surface area contributed by atoms with E-state index in [9.17, 15) is 9.59 Å². The highest BCUT2D eigenvalue weighted by Crippen LogP contribution is 2.27. The van der Waals surface area contributed by atoms with Gasteiger partial charge in [-0.25, -0.2) is 4.98 Å². The maximum Gasteiger partial charge on any atom is 0.254 e. The normalized spacial score (nSPS) is 17.9. The van der Waals surface area contributed by atoms with E-state index in [4.69, 9.17) is 0 Å². The van der Waals surface area contributed by atoms with Crippen molar-refractivity contribution in [3.8, 4) is 0 Å². The molecule has 2 aliphatic heterocycles. The lowest BCUT2D eigenvalue weighted by atomic mass is 10.1. The molecule has 26 heavy (non-hydrogen) atoms. The Morgan fingerprint density at radius 1 is 1.27 bits per heavy atom. The van der Waals surface area contributed by atoms with Crippen molar-refractivity contribution < 1.29 is 9.59 Å². The molecule has 0 atom stereocenters. The van der Waals surface area contributed by atoms with Gasteiger partial charge < -0.3 is 9.80 Å². The molecule has 5 rings (SSSR count). The molecule has 2 saturated heterocycles. The Morgan fingerprint density at radius 3 is 2.96 bits per heavy atom. The van der Waals surface area contributed by atoms with Gasteiger partial charge in [-0.2, -0.15) is 5.10 Å². The van der Waals surface area contributed by atoms with Crippen molar-refractivity contribution in [2.45, 2.75) is 18.9 Å². The summed E-state index contributed by atoms with van der Waals surface area (Å²) < 4.78 is 2.90. The highest BCUT2D eigenvalue weighted by atomic mass is 32.1. The van der Waals surface area contributed by atoms with Crippen LogP contribution in [0.5, 0.6) is 0 Å². The smallest absolute Gasteiger partial charge is 0.254 e. The second kappa shape index (κ2) is 5.91. The summed E-state index contributed by atoms with van der Waals surface area (Å²) in [5, 5.41) is 4.40. The summed E-state index contributed by atoms with van der Waals surface area (Å²) in [5.41, 5.74) is 4.27. The molecule has 4 heterocycles. The van der Waals surface area contributed by atoms with E-state index in [0.29, 0.717) is 25.1 Å². The molecular formula is C18H17N5O2S. The molecule has 0 unspecified atom stereocenters. The first-order valence-corrected chi connectivity index (χ1v) is 9.54. The average molecular weight is 367 g/mol. The predicted octanol–water partition coefficient (Wildman–Crippen LogP) is 2.32. The molecule has 132 valence electrons. The van der Waals surface area contributed by atoms with Crippen LogP contribution >= 0.6 is 11.3 Å². The number of anilines is 1. The van der Waals surface area contributed by atoms with Crippen LogP contribution in [0.3, 0.4) is 0 Å². The SMILES string of the molecule is O=C(c1ccc2ncsc2c1)N1CC(n2cc(N3CCCC3=O)cn2)C1. The number of carbonyl (C=O) groups excluding carboxylic acids is 2. The Morgan fingerprint density at radius 2 is 2.15 bits per heavy atom. The standard InChI is InChI=1S/C18H17N5O2S/c24-17-2-1-5-22(17)13-7-20-23(10-13)14-8-21(9-14)18(25)12-3-4-15-16(6-12)26-11-19-15/h3-4,6-7,10-11,14H,1-2,5,8-9H2. The van der Waals surface area contributed by atoms with Gasteiger partial charge in [0, 0.05) is 37.8 Å². The number of hydrogen-bond donors (Lipinski definition) is 0. The maximum absolute atomic E-state index is 12.7. The van der Waals surface area contributed by atoms with Crippen LogP contribution < -0.4 is 4.90 Å². The summed E-state index contributed by atoms with van der Waals surface area (Å²) in [7, 11) is 0. The van der Waals surface area contributed by atoms with Gasteiger partial charge in [-0.1, -0.05) is 0 Å². The highest BCUT2D eigenvalue weighted by molar-refractivity contribution is 7.16. The number of hydrogen-bond acceptors (Lipinski definition) is 5. The fourth-order valence-electron chi connectivity index (χ4n) is 3.55. The molecular weight excluding hydrogens is 350 g/mol.